The first-order valence-electron chi connectivity index (χ1n) is 7.55. The van der Waals surface area contributed by atoms with E-state index in [1.807, 2.05) is 12.3 Å². The molecule has 0 saturated carbocycles. The van der Waals surface area contributed by atoms with Gasteiger partial charge in [0.05, 0.1) is 12.2 Å². The molecular formula is C16H28N4. The molecule has 0 radical (unpaired) electrons. The molecule has 1 unspecified atom stereocenters. The molecule has 0 aliphatic rings. The number of rotatable bonds is 7. The van der Waals surface area contributed by atoms with Crippen molar-refractivity contribution in [2.45, 2.75) is 59.0 Å². The van der Waals surface area contributed by atoms with Gasteiger partial charge in [0.1, 0.15) is 0 Å². The Labute approximate surface area is 123 Å². The lowest BCUT2D eigenvalue weighted by molar-refractivity contribution is 0.546. The second-order valence-corrected chi connectivity index (χ2v) is 5.23. The normalized spacial score (nSPS) is 13.1. The van der Waals surface area contributed by atoms with Crippen LogP contribution in [0.15, 0.2) is 23.3 Å². The molecule has 0 amide bonds. The molecule has 0 aromatic carbocycles. The van der Waals surface area contributed by atoms with E-state index in [-0.39, 0.29) is 0 Å². The van der Waals surface area contributed by atoms with Crippen LogP contribution >= 0.6 is 0 Å². The van der Waals surface area contributed by atoms with Crippen LogP contribution in [0.25, 0.3) is 0 Å². The molecule has 1 atom stereocenters. The topological polar surface area (TPSA) is 49.3 Å². The quantitative estimate of drug-likeness (QED) is 0.457. The molecule has 2 N–H and O–H groups in total. The van der Waals surface area contributed by atoms with Crippen molar-refractivity contribution < 1.29 is 0 Å². The summed E-state index contributed by atoms with van der Waals surface area (Å²) in [6, 6.07) is 4.48. The van der Waals surface area contributed by atoms with Crippen LogP contribution in [0.3, 0.4) is 0 Å². The lowest BCUT2D eigenvalue weighted by Gasteiger charge is -2.18. The number of hydrogen-bond acceptors (Lipinski definition) is 2. The molecule has 0 saturated heterocycles. The van der Waals surface area contributed by atoms with Gasteiger partial charge in [0.2, 0.25) is 0 Å². The van der Waals surface area contributed by atoms with Gasteiger partial charge >= 0.3 is 0 Å². The SMILES string of the molecule is CCCCCC(C)NC(=NC)NCc1ncccc1C. The van der Waals surface area contributed by atoms with Crippen molar-refractivity contribution in [1.82, 2.24) is 15.6 Å². The zero-order valence-corrected chi connectivity index (χ0v) is 13.2. The number of aryl methyl sites for hydroxylation is 1. The number of hydrogen-bond donors (Lipinski definition) is 2. The molecule has 1 heterocycles. The number of nitrogens with zero attached hydrogens (tertiary/aromatic N) is 2. The van der Waals surface area contributed by atoms with Gasteiger partial charge in [-0.05, 0) is 31.9 Å². The fourth-order valence-electron chi connectivity index (χ4n) is 2.07. The van der Waals surface area contributed by atoms with E-state index in [1.54, 1.807) is 7.05 Å². The number of guanidine groups is 1. The summed E-state index contributed by atoms with van der Waals surface area (Å²) < 4.78 is 0. The Morgan fingerprint density at radius 3 is 2.85 bits per heavy atom. The summed E-state index contributed by atoms with van der Waals surface area (Å²) in [4.78, 5) is 8.65. The van der Waals surface area contributed by atoms with Crippen molar-refractivity contribution in [1.29, 1.82) is 0 Å². The first-order chi connectivity index (χ1) is 9.67. The van der Waals surface area contributed by atoms with Gasteiger partial charge in [-0.3, -0.25) is 9.98 Å². The van der Waals surface area contributed by atoms with Gasteiger partial charge in [-0.25, -0.2) is 0 Å². The van der Waals surface area contributed by atoms with Gasteiger partial charge in [0, 0.05) is 19.3 Å². The molecule has 0 aliphatic carbocycles. The van der Waals surface area contributed by atoms with Crippen LogP contribution in [0.1, 0.15) is 50.8 Å². The number of aliphatic imine (C=N–C) groups is 1. The number of unbranched alkanes of at least 4 members (excludes halogenated alkanes) is 2. The van der Waals surface area contributed by atoms with Crippen LogP contribution in [0.2, 0.25) is 0 Å². The van der Waals surface area contributed by atoms with E-state index in [0.717, 1.165) is 11.7 Å². The zero-order chi connectivity index (χ0) is 14.8. The number of nitrogens with one attached hydrogen (secondary N) is 2. The third-order valence-corrected chi connectivity index (χ3v) is 3.39. The molecule has 4 nitrogen and oxygen atoms in total. The van der Waals surface area contributed by atoms with Crippen molar-refractivity contribution in [2.75, 3.05) is 7.05 Å². The molecular weight excluding hydrogens is 248 g/mol. The Morgan fingerprint density at radius 1 is 1.40 bits per heavy atom. The monoisotopic (exact) mass is 276 g/mol. The average molecular weight is 276 g/mol. The maximum atomic E-state index is 4.38. The predicted molar refractivity (Wildman–Crippen MR) is 85.9 cm³/mol. The summed E-state index contributed by atoms with van der Waals surface area (Å²) in [7, 11) is 1.80. The van der Waals surface area contributed by atoms with Gasteiger partial charge in [-0.2, -0.15) is 0 Å². The molecule has 4 heteroatoms. The summed E-state index contributed by atoms with van der Waals surface area (Å²) in [5.74, 6) is 0.846. The van der Waals surface area contributed by atoms with Gasteiger partial charge in [-0.15, -0.1) is 0 Å². The standard InChI is InChI=1S/C16H28N4/c1-5-6-7-10-14(3)20-16(17-4)19-12-15-13(2)9-8-11-18-15/h8-9,11,14H,5-7,10,12H2,1-4H3,(H2,17,19,20). The summed E-state index contributed by atoms with van der Waals surface area (Å²) in [5.41, 5.74) is 2.26. The van der Waals surface area contributed by atoms with Crippen LogP contribution in [-0.2, 0) is 6.54 Å². The van der Waals surface area contributed by atoms with Crippen LogP contribution in [-0.4, -0.2) is 24.0 Å². The van der Waals surface area contributed by atoms with Gasteiger partial charge in [0.25, 0.3) is 0 Å². The third-order valence-electron chi connectivity index (χ3n) is 3.39. The highest BCUT2D eigenvalue weighted by molar-refractivity contribution is 5.79. The second-order valence-electron chi connectivity index (χ2n) is 5.23. The van der Waals surface area contributed by atoms with Gasteiger partial charge in [-0.1, -0.05) is 32.3 Å². The van der Waals surface area contributed by atoms with Crippen LogP contribution in [0.5, 0.6) is 0 Å². The molecule has 0 fully saturated rings. The van der Waals surface area contributed by atoms with Crippen molar-refractivity contribution in [3.05, 3.63) is 29.6 Å². The maximum Gasteiger partial charge on any atom is 0.191 e. The van der Waals surface area contributed by atoms with Crippen LogP contribution in [0, 0.1) is 6.92 Å². The first kappa shape index (κ1) is 16.5. The van der Waals surface area contributed by atoms with Crippen molar-refractivity contribution in [3.8, 4) is 0 Å². The van der Waals surface area contributed by atoms with E-state index in [1.165, 1.54) is 31.2 Å². The Bertz CT molecular complexity index is 415. The maximum absolute atomic E-state index is 4.38. The Kier molecular flexibility index (Phi) is 7.70. The van der Waals surface area contributed by atoms with Crippen molar-refractivity contribution in [2.24, 2.45) is 4.99 Å². The molecule has 0 bridgehead atoms. The molecule has 0 spiro atoms. The summed E-state index contributed by atoms with van der Waals surface area (Å²) in [5, 5.41) is 6.75. The smallest absolute Gasteiger partial charge is 0.191 e. The molecule has 112 valence electrons. The predicted octanol–water partition coefficient (Wildman–Crippen LogP) is 3.02. The van der Waals surface area contributed by atoms with Crippen molar-refractivity contribution in [3.63, 3.8) is 0 Å². The van der Waals surface area contributed by atoms with E-state index in [9.17, 15) is 0 Å². The van der Waals surface area contributed by atoms with E-state index >= 15 is 0 Å². The van der Waals surface area contributed by atoms with Gasteiger partial charge in [0.15, 0.2) is 5.96 Å². The summed E-state index contributed by atoms with van der Waals surface area (Å²) >= 11 is 0. The van der Waals surface area contributed by atoms with E-state index in [0.29, 0.717) is 12.6 Å². The molecule has 0 aliphatic heterocycles. The first-order valence-corrected chi connectivity index (χ1v) is 7.55. The fourth-order valence-corrected chi connectivity index (χ4v) is 2.07. The van der Waals surface area contributed by atoms with Gasteiger partial charge < -0.3 is 10.6 Å². The molecule has 1 aromatic rings. The lowest BCUT2D eigenvalue weighted by atomic mass is 10.1. The molecule has 20 heavy (non-hydrogen) atoms. The highest BCUT2D eigenvalue weighted by Crippen LogP contribution is 2.04. The molecule has 1 rings (SSSR count). The Balaban J connectivity index is 2.38. The summed E-state index contributed by atoms with van der Waals surface area (Å²) in [6.07, 6.45) is 6.83. The van der Waals surface area contributed by atoms with E-state index in [2.05, 4.69) is 47.4 Å². The Morgan fingerprint density at radius 2 is 2.20 bits per heavy atom. The largest absolute Gasteiger partial charge is 0.354 e. The highest BCUT2D eigenvalue weighted by Gasteiger charge is 2.05. The highest BCUT2D eigenvalue weighted by atomic mass is 15.2. The van der Waals surface area contributed by atoms with E-state index in [4.69, 9.17) is 0 Å². The minimum atomic E-state index is 0.442. The van der Waals surface area contributed by atoms with Crippen molar-refractivity contribution >= 4 is 5.96 Å². The number of aromatic nitrogens is 1. The third kappa shape index (κ3) is 6.04. The van der Waals surface area contributed by atoms with Crippen LogP contribution in [0.4, 0.5) is 0 Å². The summed E-state index contributed by atoms with van der Waals surface area (Å²) in [6.45, 7) is 7.21. The second kappa shape index (κ2) is 9.34. The minimum absolute atomic E-state index is 0.442. The zero-order valence-electron chi connectivity index (χ0n) is 13.2. The average Bonchev–Trinajstić information content (AvgIpc) is 2.45. The van der Waals surface area contributed by atoms with Crippen LogP contribution < -0.4 is 10.6 Å². The minimum Gasteiger partial charge on any atom is -0.354 e. The van der Waals surface area contributed by atoms with E-state index < -0.39 is 0 Å². The Hall–Kier alpha value is -1.58. The lowest BCUT2D eigenvalue weighted by Crippen LogP contribution is -2.42. The fraction of sp³-hybridized carbons (Fsp3) is 0.625. The number of pyridine rings is 1. The molecule has 1 aromatic heterocycles.